The van der Waals surface area contributed by atoms with Crippen LogP contribution in [-0.2, 0) is 38.1 Å². The monoisotopic (exact) mass is 1290 g/mol. The highest BCUT2D eigenvalue weighted by atomic mass is 16.6. The second-order valence-electron chi connectivity index (χ2n) is 27.2. The maximum atomic E-state index is 13.8. The van der Waals surface area contributed by atoms with Crippen LogP contribution in [0.4, 0.5) is 0 Å². The molecule has 94 heavy (non-hydrogen) atoms. The molecule has 0 bridgehead atoms. The van der Waals surface area contributed by atoms with E-state index in [4.69, 9.17) is 18.9 Å². The second kappa shape index (κ2) is 42.5. The van der Waals surface area contributed by atoms with Gasteiger partial charge in [-0.1, -0.05) is 232 Å². The summed E-state index contributed by atoms with van der Waals surface area (Å²) in [7, 11) is 0. The van der Waals surface area contributed by atoms with Gasteiger partial charge in [-0.15, -0.1) is 0 Å². The number of hydrogen-bond acceptors (Lipinski definition) is 12. The van der Waals surface area contributed by atoms with E-state index in [0.29, 0.717) is 24.2 Å². The highest BCUT2D eigenvalue weighted by molar-refractivity contribution is 5.88. The lowest BCUT2D eigenvalue weighted by Gasteiger charge is -2.34. The first-order valence-corrected chi connectivity index (χ1v) is 34.6. The summed E-state index contributed by atoms with van der Waals surface area (Å²) >= 11 is 0. The molecule has 0 radical (unpaired) electrons. The molecule has 514 valence electrons. The number of carbonyl (C=O) groups is 4. The molecule has 4 rings (SSSR count). The zero-order valence-electron chi connectivity index (χ0n) is 60.6. The highest BCUT2D eigenvalue weighted by Gasteiger charge is 2.33. The fraction of sp³-hybridized carbons (Fsp3) is 0.512. The number of ether oxygens (including phenoxy) is 4. The minimum atomic E-state index is -1.29. The standard InChI is InChI=1S/C82H118N4O8/c1-17-83-53-57-85(58-54-83)51-47-77(87)93-75(61-91-79(89)71(11)39-25-37-65(5)31-21-19-29-63(3)33-23-35-67(7)43-45-73-69(9)41-27-49-81(73,13)14)76(94-78(88)48-52-86-59-55-84(18-2)56-60-86)62-92-80(90)72(12)40-26-38-66(6)32-22-20-30-64(4)34-24-36-68(8)44-46-74-70(10)42-28-50-82(74,15)16/h19-26,29-40,43-46,75-76H,17-18,27-28,41-42,47-62H2,1-16H3/b21-19+,22-20+,33-23+,34-24+,37-25+,38-26+,45-43+,46-44+,63-29+,64-30+,65-31+,66-32+,67-35+,68-36+,71-39-,72-40-/t75-,76+. The van der Waals surface area contributed by atoms with Crippen LogP contribution in [0.15, 0.2) is 213 Å². The van der Waals surface area contributed by atoms with Gasteiger partial charge in [0.15, 0.2) is 12.2 Å². The van der Waals surface area contributed by atoms with Crippen molar-refractivity contribution in [3.63, 3.8) is 0 Å². The third-order valence-electron chi connectivity index (χ3n) is 18.1. The molecule has 0 spiro atoms. The number of carbonyl (C=O) groups excluding carboxylic acids is 4. The third kappa shape index (κ3) is 31.1. The Hall–Kier alpha value is -6.96. The zero-order chi connectivity index (χ0) is 69.1. The summed E-state index contributed by atoms with van der Waals surface area (Å²) in [6, 6.07) is 0. The Bertz CT molecular complexity index is 2890. The maximum absolute atomic E-state index is 13.8. The van der Waals surface area contributed by atoms with Crippen LogP contribution in [0.2, 0.25) is 0 Å². The van der Waals surface area contributed by atoms with E-state index in [-0.39, 0.29) is 23.7 Å². The Morgan fingerprint density at radius 2 is 0.702 bits per heavy atom. The number of nitrogens with zero attached hydrogens (tertiary/aromatic N) is 4. The molecule has 4 aliphatic rings. The fourth-order valence-electron chi connectivity index (χ4n) is 11.7. The normalized spacial score (nSPS) is 20.5. The average Bonchev–Trinajstić information content (AvgIpc) is 0.858. The molecule has 12 nitrogen and oxygen atoms in total. The van der Waals surface area contributed by atoms with Gasteiger partial charge in [-0.3, -0.25) is 9.59 Å². The summed E-state index contributed by atoms with van der Waals surface area (Å²) in [5.41, 5.74) is 13.5. The van der Waals surface area contributed by atoms with Crippen LogP contribution in [0.1, 0.15) is 162 Å². The second-order valence-corrected chi connectivity index (χ2v) is 27.2. The van der Waals surface area contributed by atoms with Gasteiger partial charge in [0, 0.05) is 76.6 Å². The van der Waals surface area contributed by atoms with Crippen molar-refractivity contribution in [3.05, 3.63) is 213 Å². The van der Waals surface area contributed by atoms with Crippen molar-refractivity contribution in [3.8, 4) is 0 Å². The molecule has 2 saturated heterocycles. The van der Waals surface area contributed by atoms with Gasteiger partial charge in [0.1, 0.15) is 13.2 Å². The average molecular weight is 1290 g/mol. The number of allylic oxidation sites excluding steroid dienone is 34. The summed E-state index contributed by atoms with van der Waals surface area (Å²) in [6.07, 6.45) is 53.2. The van der Waals surface area contributed by atoms with Crippen LogP contribution in [0.25, 0.3) is 0 Å². The minimum Gasteiger partial charge on any atom is -0.458 e. The molecule has 0 aromatic heterocycles. The van der Waals surface area contributed by atoms with Crippen molar-refractivity contribution in [1.82, 2.24) is 19.6 Å². The van der Waals surface area contributed by atoms with Crippen molar-refractivity contribution in [1.29, 1.82) is 0 Å². The van der Waals surface area contributed by atoms with Crippen LogP contribution >= 0.6 is 0 Å². The molecule has 12 heteroatoms. The lowest BCUT2D eigenvalue weighted by molar-refractivity contribution is -0.181. The lowest BCUT2D eigenvalue weighted by atomic mass is 9.72. The number of likely N-dealkylation sites (N-methyl/N-ethyl adjacent to an activating group) is 2. The molecule has 2 aliphatic heterocycles. The van der Waals surface area contributed by atoms with E-state index in [2.05, 4.69) is 176 Å². The van der Waals surface area contributed by atoms with E-state index >= 15 is 0 Å². The van der Waals surface area contributed by atoms with Crippen molar-refractivity contribution in [2.24, 2.45) is 10.8 Å². The summed E-state index contributed by atoms with van der Waals surface area (Å²) in [5, 5.41) is 0. The van der Waals surface area contributed by atoms with E-state index in [9.17, 15) is 19.2 Å². The van der Waals surface area contributed by atoms with Crippen LogP contribution in [0.3, 0.4) is 0 Å². The fourth-order valence-corrected chi connectivity index (χ4v) is 11.7. The number of esters is 4. The van der Waals surface area contributed by atoms with Gasteiger partial charge in [0.25, 0.3) is 0 Å². The first kappa shape index (κ1) is 79.5. The van der Waals surface area contributed by atoms with Crippen LogP contribution in [0.5, 0.6) is 0 Å². The molecule has 0 saturated carbocycles. The lowest BCUT2D eigenvalue weighted by Crippen LogP contribution is -2.47. The summed E-state index contributed by atoms with van der Waals surface area (Å²) in [5.74, 6) is -2.41. The Morgan fingerprint density at radius 1 is 0.415 bits per heavy atom. The van der Waals surface area contributed by atoms with Crippen molar-refractivity contribution >= 4 is 23.9 Å². The topological polar surface area (TPSA) is 118 Å². The SMILES string of the molecule is CCN1CCN(CCC(=O)O[C@@H](COC(=O)\C(C)=C/C=C/C(C)=C/C=C/C=C(C)/C=C/C=C(C)/C=C/C2=C(C)CCCC2(C)C)[C@@H](COC(=O)\C(C)=C/C=C/C(C)=C/C=C/C=C(C)/C=C/C=C(C)/C=C/C2=C(C)CCCC2(C)C)OC(=O)CCN2CCN(CC)CC2)CC1. The van der Waals surface area contributed by atoms with Crippen LogP contribution in [-0.4, -0.2) is 147 Å². The van der Waals surface area contributed by atoms with E-state index in [1.54, 1.807) is 38.2 Å². The third-order valence-corrected chi connectivity index (χ3v) is 18.1. The van der Waals surface area contributed by atoms with Gasteiger partial charge in [-0.2, -0.15) is 0 Å². The predicted molar refractivity (Wildman–Crippen MR) is 392 cm³/mol. The molecule has 2 aliphatic carbocycles. The van der Waals surface area contributed by atoms with Crippen molar-refractivity contribution in [2.45, 2.75) is 174 Å². The maximum Gasteiger partial charge on any atom is 0.333 e. The van der Waals surface area contributed by atoms with Gasteiger partial charge < -0.3 is 38.5 Å². The Morgan fingerprint density at radius 3 is 1.01 bits per heavy atom. The van der Waals surface area contributed by atoms with Gasteiger partial charge in [-0.25, -0.2) is 9.59 Å². The predicted octanol–water partition coefficient (Wildman–Crippen LogP) is 17.0. The molecule has 0 aromatic rings. The van der Waals surface area contributed by atoms with Crippen molar-refractivity contribution < 1.29 is 38.1 Å². The first-order valence-electron chi connectivity index (χ1n) is 34.6. The largest absolute Gasteiger partial charge is 0.458 e. The molecule has 0 unspecified atom stereocenters. The molecule has 0 aromatic carbocycles. The number of hydrogen-bond donors (Lipinski definition) is 0. The Kier molecular flexibility index (Phi) is 35.9. The van der Waals surface area contributed by atoms with Crippen molar-refractivity contribution in [2.75, 3.05) is 91.8 Å². The highest BCUT2D eigenvalue weighted by Crippen LogP contribution is 2.42. The molecule has 2 atom stereocenters. The first-order chi connectivity index (χ1) is 44.8. The minimum absolute atomic E-state index is 0.0610. The van der Waals surface area contributed by atoms with Gasteiger partial charge in [-0.05, 0) is 143 Å². The smallest absolute Gasteiger partial charge is 0.333 e. The van der Waals surface area contributed by atoms with Gasteiger partial charge >= 0.3 is 23.9 Å². The molecule has 2 fully saturated rings. The van der Waals surface area contributed by atoms with Crippen LogP contribution < -0.4 is 0 Å². The Balaban J connectivity index is 1.44. The van der Waals surface area contributed by atoms with E-state index in [1.807, 2.05) is 62.5 Å². The number of piperazine rings is 2. The van der Waals surface area contributed by atoms with Gasteiger partial charge in [0.2, 0.25) is 0 Å². The number of rotatable bonds is 33. The van der Waals surface area contributed by atoms with E-state index in [0.717, 1.165) is 87.7 Å². The summed E-state index contributed by atoms with van der Waals surface area (Å²) < 4.78 is 23.8. The molecule has 0 N–H and O–H groups in total. The van der Waals surface area contributed by atoms with Crippen LogP contribution in [0, 0.1) is 10.8 Å². The molecule has 2 heterocycles. The zero-order valence-corrected chi connectivity index (χ0v) is 60.6. The summed E-state index contributed by atoms with van der Waals surface area (Å²) in [6.45, 7) is 42.7. The van der Waals surface area contributed by atoms with E-state index < -0.39 is 49.3 Å². The quantitative estimate of drug-likeness (QED) is 0.0269. The Labute approximate surface area is 568 Å². The molecular formula is C82H118N4O8. The van der Waals surface area contributed by atoms with E-state index in [1.165, 1.54) is 72.0 Å². The van der Waals surface area contributed by atoms with Gasteiger partial charge in [0.05, 0.1) is 12.8 Å². The molecular weight excluding hydrogens is 1170 g/mol. The summed E-state index contributed by atoms with van der Waals surface area (Å²) in [4.78, 5) is 64.0. The molecule has 0 amide bonds.